The zero-order chi connectivity index (χ0) is 15.8. The lowest BCUT2D eigenvalue weighted by Gasteiger charge is -2.37. The van der Waals surface area contributed by atoms with Crippen molar-refractivity contribution in [3.63, 3.8) is 0 Å². The minimum Gasteiger partial charge on any atom is -0.376 e. The molecule has 0 saturated carbocycles. The Balaban J connectivity index is 1.89. The van der Waals surface area contributed by atoms with Crippen LogP contribution in [0.3, 0.4) is 0 Å². The number of thioether (sulfide) groups is 1. The molecule has 2 rings (SSSR count). The molecular weight excluding hydrogens is 316 g/mol. The monoisotopic (exact) mass is 342 g/mol. The van der Waals surface area contributed by atoms with Gasteiger partial charge >= 0.3 is 0 Å². The highest BCUT2D eigenvalue weighted by Gasteiger charge is 2.26. The van der Waals surface area contributed by atoms with Crippen molar-refractivity contribution in [2.45, 2.75) is 32.4 Å². The first-order chi connectivity index (χ1) is 10.7. The second kappa shape index (κ2) is 9.55. The van der Waals surface area contributed by atoms with E-state index in [2.05, 4.69) is 41.6 Å². The predicted molar refractivity (Wildman–Crippen MR) is 94.7 cm³/mol. The van der Waals surface area contributed by atoms with Crippen LogP contribution in [0.5, 0.6) is 0 Å². The van der Waals surface area contributed by atoms with E-state index in [1.807, 2.05) is 11.8 Å². The van der Waals surface area contributed by atoms with Crippen LogP contribution in [-0.4, -0.2) is 54.7 Å². The Labute approximate surface area is 141 Å². The van der Waals surface area contributed by atoms with E-state index in [4.69, 9.17) is 4.74 Å². The first-order valence-corrected chi connectivity index (χ1v) is 9.97. The van der Waals surface area contributed by atoms with Crippen molar-refractivity contribution in [3.05, 3.63) is 22.4 Å². The van der Waals surface area contributed by atoms with Crippen LogP contribution in [0, 0.1) is 0 Å². The summed E-state index contributed by atoms with van der Waals surface area (Å²) in [6.07, 6.45) is 0.864. The van der Waals surface area contributed by atoms with Crippen molar-refractivity contribution in [1.82, 2.24) is 10.2 Å². The number of hydrogen-bond donors (Lipinski definition) is 1. The largest absolute Gasteiger partial charge is 0.376 e. The summed E-state index contributed by atoms with van der Waals surface area (Å²) in [5.41, 5.74) is 0. The van der Waals surface area contributed by atoms with Gasteiger partial charge in [0.1, 0.15) is 0 Å². The number of ether oxygens (including phenoxy) is 1. The zero-order valence-corrected chi connectivity index (χ0v) is 15.0. The lowest BCUT2D eigenvalue weighted by atomic mass is 10.1. The normalized spacial score (nSPS) is 20.7. The average Bonchev–Trinajstić information content (AvgIpc) is 3.02. The summed E-state index contributed by atoms with van der Waals surface area (Å²) < 4.78 is 5.64. The van der Waals surface area contributed by atoms with Gasteiger partial charge in [0.15, 0.2) is 0 Å². The van der Waals surface area contributed by atoms with Gasteiger partial charge in [0.25, 0.3) is 0 Å². The van der Waals surface area contributed by atoms with Gasteiger partial charge < -0.3 is 10.1 Å². The molecule has 2 atom stereocenters. The van der Waals surface area contributed by atoms with E-state index in [0.717, 1.165) is 31.2 Å². The Kier molecular flexibility index (Phi) is 7.72. The molecule has 22 heavy (non-hydrogen) atoms. The highest BCUT2D eigenvalue weighted by Crippen LogP contribution is 2.26. The molecule has 124 valence electrons. The summed E-state index contributed by atoms with van der Waals surface area (Å²) >= 11 is 3.57. The van der Waals surface area contributed by atoms with Gasteiger partial charge in [-0.3, -0.25) is 9.69 Å². The van der Waals surface area contributed by atoms with Crippen LogP contribution in [0.25, 0.3) is 0 Å². The summed E-state index contributed by atoms with van der Waals surface area (Å²) in [5, 5.41) is 5.22. The summed E-state index contributed by atoms with van der Waals surface area (Å²) in [5.74, 6) is 2.13. The van der Waals surface area contributed by atoms with E-state index < -0.39 is 0 Å². The van der Waals surface area contributed by atoms with Crippen LogP contribution in [0.1, 0.15) is 31.2 Å². The van der Waals surface area contributed by atoms with Crippen LogP contribution in [0.4, 0.5) is 0 Å². The maximum atomic E-state index is 12.0. The van der Waals surface area contributed by atoms with Gasteiger partial charge in [0.2, 0.25) is 5.91 Å². The summed E-state index contributed by atoms with van der Waals surface area (Å²) in [4.78, 5) is 15.7. The highest BCUT2D eigenvalue weighted by atomic mass is 32.2. The van der Waals surface area contributed by atoms with Crippen LogP contribution < -0.4 is 5.32 Å². The Morgan fingerprint density at radius 2 is 2.50 bits per heavy atom. The number of carbonyl (C=O) groups is 1. The van der Waals surface area contributed by atoms with E-state index in [9.17, 15) is 4.79 Å². The molecule has 2 heterocycles. The summed E-state index contributed by atoms with van der Waals surface area (Å²) in [7, 11) is 0. The number of nitrogens with one attached hydrogen (secondary N) is 1. The third-order valence-electron chi connectivity index (χ3n) is 3.76. The fourth-order valence-corrected chi connectivity index (χ4v) is 4.11. The molecule has 1 fully saturated rings. The Morgan fingerprint density at radius 3 is 3.18 bits per heavy atom. The van der Waals surface area contributed by atoms with Crippen LogP contribution >= 0.6 is 23.1 Å². The number of thiophene rings is 1. The average molecular weight is 343 g/mol. The SMILES string of the molecule is CCSCCC(=O)NC[C@H](c1cccs1)N1CCO[C@H](C)C1. The molecule has 1 aliphatic heterocycles. The first-order valence-electron chi connectivity index (χ1n) is 7.94. The fraction of sp³-hybridized carbons (Fsp3) is 0.688. The maximum Gasteiger partial charge on any atom is 0.220 e. The Bertz CT molecular complexity index is 439. The van der Waals surface area contributed by atoms with Gasteiger partial charge in [-0.2, -0.15) is 11.8 Å². The smallest absolute Gasteiger partial charge is 0.220 e. The van der Waals surface area contributed by atoms with Crippen molar-refractivity contribution in [1.29, 1.82) is 0 Å². The number of amides is 1. The quantitative estimate of drug-likeness (QED) is 0.738. The highest BCUT2D eigenvalue weighted by molar-refractivity contribution is 7.99. The molecular formula is C16H26N2O2S2. The van der Waals surface area contributed by atoms with E-state index in [1.165, 1.54) is 4.88 Å². The molecule has 0 aromatic carbocycles. The summed E-state index contributed by atoms with van der Waals surface area (Å²) in [6.45, 7) is 7.53. The van der Waals surface area contributed by atoms with Crippen LogP contribution in [-0.2, 0) is 9.53 Å². The third kappa shape index (κ3) is 5.57. The molecule has 0 aliphatic carbocycles. The topological polar surface area (TPSA) is 41.6 Å². The molecule has 0 radical (unpaired) electrons. The van der Waals surface area contributed by atoms with Crippen molar-refractivity contribution in [3.8, 4) is 0 Å². The Hall–Kier alpha value is -0.560. The second-order valence-corrected chi connectivity index (χ2v) is 7.83. The minimum atomic E-state index is 0.156. The van der Waals surface area contributed by atoms with Gasteiger partial charge in [-0.05, 0) is 24.1 Å². The number of morpholine rings is 1. The molecule has 1 aromatic rings. The molecule has 1 aliphatic rings. The van der Waals surface area contributed by atoms with E-state index in [-0.39, 0.29) is 18.1 Å². The maximum absolute atomic E-state index is 12.0. The molecule has 1 saturated heterocycles. The predicted octanol–water partition coefficient (Wildman–Crippen LogP) is 2.77. The standard InChI is InChI=1S/C16H26N2O2S2/c1-3-21-10-6-16(19)17-11-14(15-5-4-9-22-15)18-7-8-20-13(2)12-18/h4-5,9,13-14H,3,6-8,10-12H2,1-2H3,(H,17,19)/t13-,14-/m1/s1. The number of hydrogen-bond acceptors (Lipinski definition) is 5. The van der Waals surface area contributed by atoms with Gasteiger partial charge in [-0.25, -0.2) is 0 Å². The van der Waals surface area contributed by atoms with Gasteiger partial charge in [-0.1, -0.05) is 13.0 Å². The molecule has 1 amide bonds. The minimum absolute atomic E-state index is 0.156. The number of carbonyl (C=O) groups excluding carboxylic acids is 1. The molecule has 1 N–H and O–H groups in total. The number of nitrogens with zero attached hydrogens (tertiary/aromatic N) is 1. The second-order valence-electron chi connectivity index (χ2n) is 5.46. The lowest BCUT2D eigenvalue weighted by Crippen LogP contribution is -2.46. The molecule has 0 unspecified atom stereocenters. The first kappa shape index (κ1) is 17.8. The fourth-order valence-electron chi connectivity index (χ4n) is 2.63. The van der Waals surface area contributed by atoms with E-state index in [0.29, 0.717) is 13.0 Å². The van der Waals surface area contributed by atoms with Gasteiger partial charge in [0, 0.05) is 36.7 Å². The van der Waals surface area contributed by atoms with Gasteiger partial charge in [-0.15, -0.1) is 11.3 Å². The van der Waals surface area contributed by atoms with Crippen molar-refractivity contribution < 1.29 is 9.53 Å². The summed E-state index contributed by atoms with van der Waals surface area (Å²) in [6, 6.07) is 4.50. The molecule has 0 spiro atoms. The van der Waals surface area contributed by atoms with Crippen molar-refractivity contribution in [2.75, 3.05) is 37.7 Å². The molecule has 6 heteroatoms. The zero-order valence-electron chi connectivity index (χ0n) is 13.4. The van der Waals surface area contributed by atoms with Crippen LogP contribution in [0.15, 0.2) is 17.5 Å². The van der Waals surface area contributed by atoms with Gasteiger partial charge in [0.05, 0.1) is 18.8 Å². The van der Waals surface area contributed by atoms with Crippen molar-refractivity contribution in [2.24, 2.45) is 0 Å². The Morgan fingerprint density at radius 1 is 1.64 bits per heavy atom. The molecule has 4 nitrogen and oxygen atoms in total. The molecule has 1 aromatic heterocycles. The lowest BCUT2D eigenvalue weighted by molar-refractivity contribution is -0.121. The van der Waals surface area contributed by atoms with Crippen LogP contribution in [0.2, 0.25) is 0 Å². The third-order valence-corrected chi connectivity index (χ3v) is 5.63. The van der Waals surface area contributed by atoms with E-state index >= 15 is 0 Å². The van der Waals surface area contributed by atoms with E-state index in [1.54, 1.807) is 11.3 Å². The molecule has 0 bridgehead atoms. The number of rotatable bonds is 8. The van der Waals surface area contributed by atoms with Crippen molar-refractivity contribution >= 4 is 29.0 Å².